The van der Waals surface area contributed by atoms with Gasteiger partial charge in [0.25, 0.3) is 5.91 Å². The predicted molar refractivity (Wildman–Crippen MR) is 117 cm³/mol. The second kappa shape index (κ2) is 10.3. The van der Waals surface area contributed by atoms with Gasteiger partial charge >= 0.3 is 0 Å². The molecule has 1 heterocycles. The highest BCUT2D eigenvalue weighted by molar-refractivity contribution is 7.16. The molecule has 0 spiro atoms. The molecule has 8 heteroatoms. The van der Waals surface area contributed by atoms with E-state index >= 15 is 0 Å². The lowest BCUT2D eigenvalue weighted by Gasteiger charge is -2.10. The Kier molecular flexibility index (Phi) is 7.48. The molecule has 0 fully saturated rings. The second-order valence-corrected chi connectivity index (χ2v) is 7.30. The normalized spacial score (nSPS) is 11.7. The number of hydrogen-bond acceptors (Lipinski definition) is 6. The molecule has 0 aliphatic carbocycles. The number of aromatic nitrogens is 1. The van der Waals surface area contributed by atoms with Crippen LogP contribution in [0.4, 0.5) is 0 Å². The minimum absolute atomic E-state index is 0.373. The maximum absolute atomic E-state index is 13.0. The molecule has 3 rings (SSSR count). The van der Waals surface area contributed by atoms with Crippen LogP contribution in [0.3, 0.4) is 0 Å². The molecule has 160 valence electrons. The highest BCUT2D eigenvalue weighted by atomic mass is 32.1. The van der Waals surface area contributed by atoms with E-state index < -0.39 is 0 Å². The Bertz CT molecular complexity index is 1060. The molecule has 0 N–H and O–H groups in total. The lowest BCUT2D eigenvalue weighted by atomic mass is 10.2. The fourth-order valence-corrected chi connectivity index (χ4v) is 4.12. The molecule has 0 radical (unpaired) electrons. The summed E-state index contributed by atoms with van der Waals surface area (Å²) in [5.74, 6) is 1.46. The Morgan fingerprint density at radius 1 is 1.07 bits per heavy atom. The third-order valence-corrected chi connectivity index (χ3v) is 5.47. The number of para-hydroxylation sites is 1. The van der Waals surface area contributed by atoms with Gasteiger partial charge in [-0.25, -0.2) is 0 Å². The van der Waals surface area contributed by atoms with Crippen LogP contribution in [-0.2, 0) is 11.3 Å². The molecule has 7 nitrogen and oxygen atoms in total. The fraction of sp³-hybridized carbons (Fsp3) is 0.364. The Hall–Kier alpha value is -2.84. The van der Waals surface area contributed by atoms with Crippen LogP contribution < -0.4 is 19.0 Å². The number of fused-ring (bicyclic) bond motifs is 1. The van der Waals surface area contributed by atoms with E-state index in [9.17, 15) is 4.79 Å². The Labute approximate surface area is 179 Å². The molecule has 1 amide bonds. The van der Waals surface area contributed by atoms with Gasteiger partial charge in [-0.3, -0.25) is 4.79 Å². The maximum Gasteiger partial charge on any atom is 0.279 e. The average molecular weight is 431 g/mol. The number of hydrogen-bond donors (Lipinski definition) is 0. The largest absolute Gasteiger partial charge is 0.497 e. The van der Waals surface area contributed by atoms with E-state index in [1.807, 2.05) is 36.6 Å². The minimum atomic E-state index is -0.373. The number of rotatable bonds is 9. The van der Waals surface area contributed by atoms with Crippen LogP contribution in [-0.4, -0.2) is 44.5 Å². The summed E-state index contributed by atoms with van der Waals surface area (Å²) in [5, 5.41) is 0. The van der Waals surface area contributed by atoms with Crippen LogP contribution in [0.15, 0.2) is 41.4 Å². The van der Waals surface area contributed by atoms with E-state index in [0.717, 1.165) is 16.0 Å². The summed E-state index contributed by atoms with van der Waals surface area (Å²) in [5.41, 5.74) is 1.31. The Morgan fingerprint density at radius 2 is 1.80 bits per heavy atom. The van der Waals surface area contributed by atoms with E-state index in [0.29, 0.717) is 48.2 Å². The fourth-order valence-electron chi connectivity index (χ4n) is 3.04. The molecule has 0 bridgehead atoms. The van der Waals surface area contributed by atoms with Gasteiger partial charge in [0.15, 0.2) is 4.80 Å². The summed E-state index contributed by atoms with van der Waals surface area (Å²) in [7, 11) is 3.09. The number of amides is 1. The van der Waals surface area contributed by atoms with E-state index in [4.69, 9.17) is 18.9 Å². The van der Waals surface area contributed by atoms with Gasteiger partial charge in [-0.15, -0.1) is 0 Å². The molecular formula is C22H26N2O5S. The summed E-state index contributed by atoms with van der Waals surface area (Å²) in [6, 6.07) is 10.9. The van der Waals surface area contributed by atoms with Gasteiger partial charge in [-0.1, -0.05) is 17.4 Å². The monoisotopic (exact) mass is 430 g/mol. The molecule has 0 saturated carbocycles. The highest BCUT2D eigenvalue weighted by Gasteiger charge is 2.14. The summed E-state index contributed by atoms with van der Waals surface area (Å²) in [4.78, 5) is 18.0. The van der Waals surface area contributed by atoms with Gasteiger partial charge in [0.05, 0.1) is 32.1 Å². The first-order valence-corrected chi connectivity index (χ1v) is 10.6. The van der Waals surface area contributed by atoms with Crippen molar-refractivity contribution in [3.8, 4) is 17.2 Å². The first kappa shape index (κ1) is 21.9. The van der Waals surface area contributed by atoms with Crippen LogP contribution >= 0.6 is 11.3 Å². The van der Waals surface area contributed by atoms with Crippen molar-refractivity contribution in [1.82, 2.24) is 4.57 Å². The van der Waals surface area contributed by atoms with Crippen LogP contribution in [0.5, 0.6) is 17.2 Å². The van der Waals surface area contributed by atoms with Crippen molar-refractivity contribution in [3.63, 3.8) is 0 Å². The van der Waals surface area contributed by atoms with Crippen molar-refractivity contribution in [2.75, 3.05) is 34.0 Å². The predicted octanol–water partition coefficient (Wildman–Crippen LogP) is 3.90. The quantitative estimate of drug-likeness (QED) is 0.482. The zero-order valence-electron chi connectivity index (χ0n) is 17.6. The van der Waals surface area contributed by atoms with E-state index in [2.05, 4.69) is 4.99 Å². The van der Waals surface area contributed by atoms with Crippen molar-refractivity contribution >= 4 is 27.5 Å². The molecule has 0 unspecified atom stereocenters. The van der Waals surface area contributed by atoms with Crippen LogP contribution in [0.1, 0.15) is 24.2 Å². The van der Waals surface area contributed by atoms with E-state index in [-0.39, 0.29) is 5.91 Å². The lowest BCUT2D eigenvalue weighted by Crippen LogP contribution is -2.20. The number of benzene rings is 2. The first-order valence-electron chi connectivity index (χ1n) is 9.76. The van der Waals surface area contributed by atoms with Crippen molar-refractivity contribution in [2.24, 2.45) is 4.99 Å². The van der Waals surface area contributed by atoms with E-state index in [1.165, 1.54) is 11.3 Å². The lowest BCUT2D eigenvalue weighted by molar-refractivity contribution is 0.0996. The Morgan fingerprint density at radius 3 is 2.43 bits per heavy atom. The number of carbonyl (C=O) groups is 1. The van der Waals surface area contributed by atoms with Crippen LogP contribution in [0.2, 0.25) is 0 Å². The molecule has 0 aliphatic rings. The number of ether oxygens (including phenoxy) is 4. The standard InChI is InChI=1S/C22H26N2O5S/c1-5-28-11-10-24-20-18(29-6-2)8-7-9-19(20)30-22(24)23-21(25)15-12-16(26-3)14-17(13-15)27-4/h7-9,12-14H,5-6,10-11H2,1-4H3. The maximum atomic E-state index is 13.0. The number of carbonyl (C=O) groups excluding carboxylic acids is 1. The first-order chi connectivity index (χ1) is 14.6. The number of thiazole rings is 1. The zero-order valence-corrected chi connectivity index (χ0v) is 18.5. The smallest absolute Gasteiger partial charge is 0.279 e. The summed E-state index contributed by atoms with van der Waals surface area (Å²) in [6.07, 6.45) is 0. The van der Waals surface area contributed by atoms with Crippen molar-refractivity contribution in [1.29, 1.82) is 0 Å². The van der Waals surface area contributed by atoms with Gasteiger partial charge in [-0.05, 0) is 38.1 Å². The van der Waals surface area contributed by atoms with Gasteiger partial charge in [-0.2, -0.15) is 4.99 Å². The summed E-state index contributed by atoms with van der Waals surface area (Å²) >= 11 is 1.44. The van der Waals surface area contributed by atoms with Crippen molar-refractivity contribution < 1.29 is 23.7 Å². The summed E-state index contributed by atoms with van der Waals surface area (Å²) < 4.78 is 24.9. The average Bonchev–Trinajstić information content (AvgIpc) is 3.11. The molecule has 0 atom stereocenters. The summed E-state index contributed by atoms with van der Waals surface area (Å²) in [6.45, 7) is 6.14. The molecule has 30 heavy (non-hydrogen) atoms. The topological polar surface area (TPSA) is 71.3 Å². The molecule has 3 aromatic rings. The van der Waals surface area contributed by atoms with Crippen LogP contribution in [0, 0.1) is 0 Å². The van der Waals surface area contributed by atoms with Gasteiger partial charge in [0.2, 0.25) is 0 Å². The highest BCUT2D eigenvalue weighted by Crippen LogP contribution is 2.28. The molecule has 1 aromatic heterocycles. The second-order valence-electron chi connectivity index (χ2n) is 6.29. The van der Waals surface area contributed by atoms with Crippen molar-refractivity contribution in [2.45, 2.75) is 20.4 Å². The molecule has 0 saturated heterocycles. The SMILES string of the molecule is CCOCCn1c(=NC(=O)c2cc(OC)cc(OC)c2)sc2cccc(OCC)c21. The third kappa shape index (κ3) is 4.83. The van der Waals surface area contributed by atoms with Gasteiger partial charge in [0, 0.05) is 24.8 Å². The number of methoxy groups -OCH3 is 2. The minimum Gasteiger partial charge on any atom is -0.497 e. The zero-order chi connectivity index (χ0) is 21.5. The molecule has 0 aliphatic heterocycles. The van der Waals surface area contributed by atoms with Crippen LogP contribution in [0.25, 0.3) is 10.2 Å². The number of nitrogens with zero attached hydrogens (tertiary/aromatic N) is 2. The van der Waals surface area contributed by atoms with Crippen molar-refractivity contribution in [3.05, 3.63) is 46.8 Å². The Balaban J connectivity index is 2.12. The molecular weight excluding hydrogens is 404 g/mol. The molecule has 2 aromatic carbocycles. The third-order valence-electron chi connectivity index (χ3n) is 4.42. The van der Waals surface area contributed by atoms with Gasteiger partial charge in [0.1, 0.15) is 22.8 Å². The van der Waals surface area contributed by atoms with E-state index in [1.54, 1.807) is 32.4 Å². The van der Waals surface area contributed by atoms with Gasteiger partial charge < -0.3 is 23.5 Å².